The number of aromatic nitrogens is 1. The molecule has 1 aliphatic heterocycles. The van der Waals surface area contributed by atoms with Crippen molar-refractivity contribution in [1.29, 1.82) is 0 Å². The van der Waals surface area contributed by atoms with Crippen molar-refractivity contribution in [3.05, 3.63) is 16.1 Å². The molecule has 19 heavy (non-hydrogen) atoms. The average molecular weight is 280 g/mol. The molecule has 1 aliphatic carbocycles. The van der Waals surface area contributed by atoms with Crippen LogP contribution >= 0.6 is 11.3 Å². The fraction of sp³-hybridized carbons (Fsp3) is 0.615. The van der Waals surface area contributed by atoms with Crippen molar-refractivity contribution in [2.45, 2.75) is 32.2 Å². The molecular weight excluding hydrogens is 264 g/mol. The maximum atomic E-state index is 12.4. The van der Waals surface area contributed by atoms with Crippen molar-refractivity contribution < 1.29 is 14.7 Å². The van der Waals surface area contributed by atoms with Gasteiger partial charge in [0, 0.05) is 11.9 Å². The van der Waals surface area contributed by atoms with Crippen molar-refractivity contribution in [2.75, 3.05) is 6.54 Å². The number of thiazole rings is 1. The van der Waals surface area contributed by atoms with E-state index in [2.05, 4.69) is 4.98 Å². The molecule has 1 aromatic rings. The molecule has 2 heterocycles. The Morgan fingerprint density at radius 1 is 1.47 bits per heavy atom. The van der Waals surface area contributed by atoms with Crippen LogP contribution in [0.3, 0.4) is 0 Å². The van der Waals surface area contributed by atoms with Crippen molar-refractivity contribution in [3.63, 3.8) is 0 Å². The Morgan fingerprint density at radius 3 is 2.89 bits per heavy atom. The fourth-order valence-corrected chi connectivity index (χ4v) is 4.03. The molecule has 1 saturated heterocycles. The minimum Gasteiger partial charge on any atom is -0.480 e. The summed E-state index contributed by atoms with van der Waals surface area (Å²) in [6, 6.07) is -0.665. The Bertz CT molecular complexity index is 528. The van der Waals surface area contributed by atoms with Crippen LogP contribution in [0.2, 0.25) is 0 Å². The number of likely N-dealkylation sites (tertiary alicyclic amines) is 1. The molecule has 0 spiro atoms. The lowest BCUT2D eigenvalue weighted by Crippen LogP contribution is -2.43. The van der Waals surface area contributed by atoms with Gasteiger partial charge in [-0.1, -0.05) is 6.42 Å². The SMILES string of the molecule is Cc1nc(C(=O)N2CC3CCCC3C2C(=O)O)cs1. The maximum absolute atomic E-state index is 12.4. The van der Waals surface area contributed by atoms with Gasteiger partial charge < -0.3 is 10.0 Å². The second-order valence-electron chi connectivity index (χ2n) is 5.35. The predicted octanol–water partition coefficient (Wildman–Crippen LogP) is 1.78. The van der Waals surface area contributed by atoms with E-state index in [0.717, 1.165) is 24.3 Å². The van der Waals surface area contributed by atoms with Gasteiger partial charge in [-0.05, 0) is 31.6 Å². The molecule has 3 rings (SSSR count). The third-order valence-electron chi connectivity index (χ3n) is 4.24. The van der Waals surface area contributed by atoms with Crippen LogP contribution in [0.5, 0.6) is 0 Å². The highest BCUT2D eigenvalue weighted by Gasteiger charge is 2.49. The first-order valence-corrected chi connectivity index (χ1v) is 7.42. The van der Waals surface area contributed by atoms with E-state index >= 15 is 0 Å². The maximum Gasteiger partial charge on any atom is 0.326 e. The monoisotopic (exact) mass is 280 g/mol. The van der Waals surface area contributed by atoms with Crippen LogP contribution in [-0.4, -0.2) is 39.5 Å². The van der Waals surface area contributed by atoms with Crippen LogP contribution in [0.4, 0.5) is 0 Å². The fourth-order valence-electron chi connectivity index (χ4n) is 3.44. The van der Waals surface area contributed by atoms with Gasteiger partial charge in [-0.25, -0.2) is 9.78 Å². The van der Waals surface area contributed by atoms with Crippen molar-refractivity contribution in [2.24, 2.45) is 11.8 Å². The lowest BCUT2D eigenvalue weighted by atomic mass is 9.94. The van der Waals surface area contributed by atoms with Crippen LogP contribution in [0, 0.1) is 18.8 Å². The first-order chi connectivity index (χ1) is 9.08. The molecule has 1 saturated carbocycles. The Balaban J connectivity index is 1.87. The lowest BCUT2D eigenvalue weighted by Gasteiger charge is -2.23. The van der Waals surface area contributed by atoms with Gasteiger partial charge in [0.25, 0.3) is 5.91 Å². The van der Waals surface area contributed by atoms with Crippen LogP contribution in [0.25, 0.3) is 0 Å². The molecule has 0 aromatic carbocycles. The zero-order valence-electron chi connectivity index (χ0n) is 10.7. The van der Waals surface area contributed by atoms with Crippen LogP contribution in [0.15, 0.2) is 5.38 Å². The first kappa shape index (κ1) is 12.6. The number of aliphatic carboxylic acids is 1. The highest BCUT2D eigenvalue weighted by molar-refractivity contribution is 7.09. The molecule has 1 N–H and O–H groups in total. The molecule has 0 radical (unpaired) electrons. The summed E-state index contributed by atoms with van der Waals surface area (Å²) >= 11 is 1.42. The van der Waals surface area contributed by atoms with Gasteiger partial charge in [-0.3, -0.25) is 4.79 Å². The number of hydrogen-bond donors (Lipinski definition) is 1. The third kappa shape index (κ3) is 2.04. The first-order valence-electron chi connectivity index (χ1n) is 6.54. The number of fused-ring (bicyclic) bond motifs is 1. The van der Waals surface area contributed by atoms with E-state index in [0.29, 0.717) is 18.2 Å². The van der Waals surface area contributed by atoms with E-state index in [4.69, 9.17) is 0 Å². The number of carboxylic acids is 1. The molecule has 2 aliphatic rings. The Morgan fingerprint density at radius 2 is 2.26 bits per heavy atom. The molecule has 6 heteroatoms. The topological polar surface area (TPSA) is 70.5 Å². The lowest BCUT2D eigenvalue weighted by molar-refractivity contribution is -0.142. The molecular formula is C13H16N2O3S. The Hall–Kier alpha value is -1.43. The number of aryl methyl sites for hydroxylation is 1. The van der Waals surface area contributed by atoms with Crippen molar-refractivity contribution in [1.82, 2.24) is 9.88 Å². The summed E-state index contributed by atoms with van der Waals surface area (Å²) in [5.74, 6) is -0.633. The van der Waals surface area contributed by atoms with Gasteiger partial charge >= 0.3 is 5.97 Å². The minimum atomic E-state index is -0.880. The van der Waals surface area contributed by atoms with Crippen LogP contribution in [-0.2, 0) is 4.79 Å². The van der Waals surface area contributed by atoms with E-state index in [1.807, 2.05) is 6.92 Å². The van der Waals surface area contributed by atoms with Gasteiger partial charge in [0.15, 0.2) is 0 Å². The van der Waals surface area contributed by atoms with E-state index in [-0.39, 0.29) is 11.8 Å². The van der Waals surface area contributed by atoms with Gasteiger partial charge in [-0.2, -0.15) is 0 Å². The van der Waals surface area contributed by atoms with E-state index in [9.17, 15) is 14.7 Å². The normalized spacial score (nSPS) is 29.5. The number of carboxylic acid groups (broad SMARTS) is 1. The second-order valence-corrected chi connectivity index (χ2v) is 6.41. The summed E-state index contributed by atoms with van der Waals surface area (Å²) < 4.78 is 0. The van der Waals surface area contributed by atoms with E-state index < -0.39 is 12.0 Å². The van der Waals surface area contributed by atoms with Crippen molar-refractivity contribution >= 4 is 23.2 Å². The largest absolute Gasteiger partial charge is 0.480 e. The summed E-state index contributed by atoms with van der Waals surface area (Å²) in [5.41, 5.74) is 0.383. The minimum absolute atomic E-state index is 0.126. The summed E-state index contributed by atoms with van der Waals surface area (Å²) in [6.45, 7) is 2.41. The quantitative estimate of drug-likeness (QED) is 0.896. The van der Waals surface area contributed by atoms with E-state index in [1.54, 1.807) is 5.38 Å². The van der Waals surface area contributed by atoms with Gasteiger partial charge in [-0.15, -0.1) is 11.3 Å². The third-order valence-corrected chi connectivity index (χ3v) is 5.02. The smallest absolute Gasteiger partial charge is 0.326 e. The Labute approximate surface area is 115 Å². The predicted molar refractivity (Wildman–Crippen MR) is 70.1 cm³/mol. The molecule has 2 fully saturated rings. The highest BCUT2D eigenvalue weighted by Crippen LogP contribution is 2.42. The molecule has 1 amide bonds. The van der Waals surface area contributed by atoms with Crippen LogP contribution in [0.1, 0.15) is 34.8 Å². The number of rotatable bonds is 2. The van der Waals surface area contributed by atoms with Crippen molar-refractivity contribution in [3.8, 4) is 0 Å². The number of amides is 1. The van der Waals surface area contributed by atoms with Crippen LogP contribution < -0.4 is 0 Å². The molecule has 1 aromatic heterocycles. The summed E-state index contributed by atoms with van der Waals surface area (Å²) in [7, 11) is 0. The number of nitrogens with zero attached hydrogens (tertiary/aromatic N) is 2. The Kier molecular flexibility index (Phi) is 3.05. The van der Waals surface area contributed by atoms with E-state index in [1.165, 1.54) is 16.2 Å². The molecule has 3 unspecified atom stereocenters. The molecule has 0 bridgehead atoms. The standard InChI is InChI=1S/C13H16N2O3S/c1-7-14-10(6-19-7)12(16)15-5-8-3-2-4-9(8)11(15)13(17)18/h6,8-9,11H,2-5H2,1H3,(H,17,18). The summed E-state index contributed by atoms with van der Waals surface area (Å²) in [4.78, 5) is 29.6. The zero-order chi connectivity index (χ0) is 13.6. The van der Waals surface area contributed by atoms with Gasteiger partial charge in [0.05, 0.1) is 5.01 Å². The number of carbonyl (C=O) groups excluding carboxylic acids is 1. The number of carbonyl (C=O) groups is 2. The molecule has 102 valence electrons. The summed E-state index contributed by atoms with van der Waals surface area (Å²) in [6.07, 6.45) is 3.03. The number of hydrogen-bond acceptors (Lipinski definition) is 4. The zero-order valence-corrected chi connectivity index (χ0v) is 11.5. The van der Waals surface area contributed by atoms with Gasteiger partial charge in [0.2, 0.25) is 0 Å². The van der Waals surface area contributed by atoms with Gasteiger partial charge in [0.1, 0.15) is 11.7 Å². The summed E-state index contributed by atoms with van der Waals surface area (Å²) in [5, 5.41) is 12.0. The molecule has 3 atom stereocenters. The average Bonchev–Trinajstić information content (AvgIpc) is 3.00. The highest BCUT2D eigenvalue weighted by atomic mass is 32.1. The molecule has 5 nitrogen and oxygen atoms in total. The second kappa shape index (κ2) is 4.59.